The number of imidazole rings is 1. The number of aromatic nitrogens is 4. The predicted molar refractivity (Wildman–Crippen MR) is 120 cm³/mol. The van der Waals surface area contributed by atoms with Crippen LogP contribution in [0.1, 0.15) is 25.7 Å². The quantitative estimate of drug-likeness (QED) is 0.641. The maximum absolute atomic E-state index is 12.6. The minimum atomic E-state index is -0.564. The van der Waals surface area contributed by atoms with Gasteiger partial charge in [-0.15, -0.1) is 0 Å². The zero-order chi connectivity index (χ0) is 22.3. The van der Waals surface area contributed by atoms with E-state index in [0.717, 1.165) is 31.9 Å². The van der Waals surface area contributed by atoms with Gasteiger partial charge >= 0.3 is 5.69 Å². The van der Waals surface area contributed by atoms with Crippen molar-refractivity contribution >= 4 is 34.2 Å². The molecule has 1 aromatic carbocycles. The van der Waals surface area contributed by atoms with Crippen LogP contribution in [0.3, 0.4) is 0 Å². The first kappa shape index (κ1) is 21.3. The van der Waals surface area contributed by atoms with Crippen molar-refractivity contribution in [3.8, 4) is 0 Å². The number of nitrogens with zero attached hydrogens (tertiary/aromatic N) is 5. The van der Waals surface area contributed by atoms with Crippen LogP contribution in [-0.4, -0.2) is 56.0 Å². The summed E-state index contributed by atoms with van der Waals surface area (Å²) in [5.41, 5.74) is 0.563. The first-order valence-electron chi connectivity index (χ1n) is 10.2. The van der Waals surface area contributed by atoms with Crippen LogP contribution in [0, 0.1) is 0 Å². The van der Waals surface area contributed by atoms with Crippen LogP contribution in [0.15, 0.2) is 33.9 Å². The molecular weight excluding hydrogens is 420 g/mol. The molecule has 31 heavy (non-hydrogen) atoms. The smallest absolute Gasteiger partial charge is 0.329 e. The summed E-state index contributed by atoms with van der Waals surface area (Å²) in [5, 5.41) is 0.711. The predicted octanol–water partition coefficient (Wildman–Crippen LogP) is 1.55. The molecule has 0 aliphatic carbocycles. The Morgan fingerprint density at radius 3 is 2.58 bits per heavy atom. The molecule has 9 nitrogen and oxygen atoms in total. The van der Waals surface area contributed by atoms with E-state index in [1.807, 2.05) is 24.3 Å². The molecule has 1 N–H and O–H groups in total. The molecule has 1 fully saturated rings. The van der Waals surface area contributed by atoms with E-state index in [-0.39, 0.29) is 16.9 Å². The first-order chi connectivity index (χ1) is 14.8. The van der Waals surface area contributed by atoms with Crippen LogP contribution in [0.5, 0.6) is 0 Å². The largest absolute Gasteiger partial charge is 0.369 e. The first-order valence-corrected chi connectivity index (χ1v) is 10.6. The van der Waals surface area contributed by atoms with Gasteiger partial charge in [-0.25, -0.2) is 9.78 Å². The van der Waals surface area contributed by atoms with Gasteiger partial charge in [-0.1, -0.05) is 17.7 Å². The van der Waals surface area contributed by atoms with Gasteiger partial charge in [0, 0.05) is 43.9 Å². The molecule has 1 atom stereocenters. The van der Waals surface area contributed by atoms with Crippen molar-refractivity contribution in [3.63, 3.8) is 0 Å². The van der Waals surface area contributed by atoms with Crippen LogP contribution >= 0.6 is 11.6 Å². The number of fused-ring (bicyclic) bond motifs is 1. The summed E-state index contributed by atoms with van der Waals surface area (Å²) in [6.07, 6.45) is 0. The molecule has 0 bridgehead atoms. The number of hydrogen-bond donors (Lipinski definition) is 1. The number of aryl methyl sites for hydroxylation is 1. The van der Waals surface area contributed by atoms with E-state index < -0.39 is 17.3 Å². The molecule has 10 heteroatoms. The number of H-pyrrole nitrogens is 1. The van der Waals surface area contributed by atoms with E-state index in [4.69, 9.17) is 11.6 Å². The Labute approximate surface area is 183 Å². The fourth-order valence-corrected chi connectivity index (χ4v) is 4.18. The molecule has 4 rings (SSSR count). The average molecular weight is 445 g/mol. The molecule has 0 amide bonds. The van der Waals surface area contributed by atoms with E-state index >= 15 is 0 Å². The fourth-order valence-electron chi connectivity index (χ4n) is 3.99. The number of piperazine rings is 1. The third-order valence-corrected chi connectivity index (χ3v) is 6.15. The van der Waals surface area contributed by atoms with Crippen molar-refractivity contribution in [3.05, 3.63) is 56.0 Å². The Bertz CT molecular complexity index is 1250. The van der Waals surface area contributed by atoms with E-state index in [0.29, 0.717) is 17.4 Å². The van der Waals surface area contributed by atoms with Crippen molar-refractivity contribution in [2.75, 3.05) is 31.1 Å². The number of hydrogen-bond acceptors (Lipinski definition) is 6. The average Bonchev–Trinajstić information content (AvgIpc) is 3.11. The van der Waals surface area contributed by atoms with E-state index in [1.165, 1.54) is 11.5 Å². The highest BCUT2D eigenvalue weighted by molar-refractivity contribution is 6.30. The number of Topliss-reactive ketones (excluding diaryl/α,β-unsaturated/α-hetero) is 1. The topological polar surface area (TPSA) is 96.2 Å². The van der Waals surface area contributed by atoms with Gasteiger partial charge in [0.2, 0.25) is 0 Å². The monoisotopic (exact) mass is 444 g/mol. The molecule has 3 heterocycles. The van der Waals surface area contributed by atoms with E-state index in [1.54, 1.807) is 18.5 Å². The van der Waals surface area contributed by atoms with Gasteiger partial charge in [0.05, 0.1) is 12.6 Å². The number of carbonyl (C=O) groups is 1. The molecule has 164 valence electrons. The number of halogens is 1. The molecule has 2 aromatic heterocycles. The lowest BCUT2D eigenvalue weighted by Crippen LogP contribution is -2.46. The van der Waals surface area contributed by atoms with Crippen molar-refractivity contribution in [2.45, 2.75) is 26.4 Å². The minimum Gasteiger partial charge on any atom is -0.369 e. The zero-order valence-electron chi connectivity index (χ0n) is 17.8. The highest BCUT2D eigenvalue weighted by atomic mass is 35.5. The second-order valence-corrected chi connectivity index (χ2v) is 8.35. The summed E-state index contributed by atoms with van der Waals surface area (Å²) < 4.78 is 2.97. The standard InChI is InChI=1S/C21H25ClN6O3/c1-13(14(2)29)28-17(23-19-18(28)20(30)24-21(31)25(19)3)12-26-7-9-27(10-8-26)16-6-4-5-15(22)11-16/h4-6,11,13H,7-10,12H2,1-3H3,(H,24,30,31)/t13-/m0/s1. The van der Waals surface area contributed by atoms with Crippen LogP contribution < -0.4 is 16.1 Å². The Balaban J connectivity index is 1.63. The maximum Gasteiger partial charge on any atom is 0.329 e. The molecule has 1 saturated heterocycles. The second kappa shape index (κ2) is 8.32. The second-order valence-electron chi connectivity index (χ2n) is 7.92. The number of aromatic amines is 1. The lowest BCUT2D eigenvalue weighted by Gasteiger charge is -2.36. The van der Waals surface area contributed by atoms with Gasteiger partial charge in [0.1, 0.15) is 5.82 Å². The Morgan fingerprint density at radius 1 is 1.23 bits per heavy atom. The van der Waals surface area contributed by atoms with Crippen LogP contribution in [-0.2, 0) is 18.4 Å². The van der Waals surface area contributed by atoms with Crippen molar-refractivity contribution in [1.29, 1.82) is 0 Å². The van der Waals surface area contributed by atoms with Gasteiger partial charge in [0.25, 0.3) is 5.56 Å². The lowest BCUT2D eigenvalue weighted by atomic mass is 10.2. The summed E-state index contributed by atoms with van der Waals surface area (Å²) in [6.45, 7) is 6.93. The van der Waals surface area contributed by atoms with Crippen molar-refractivity contribution < 1.29 is 4.79 Å². The molecule has 0 spiro atoms. The highest BCUT2D eigenvalue weighted by Gasteiger charge is 2.26. The molecule has 0 saturated carbocycles. The molecule has 0 radical (unpaired) electrons. The highest BCUT2D eigenvalue weighted by Crippen LogP contribution is 2.23. The van der Waals surface area contributed by atoms with Crippen LogP contribution in [0.25, 0.3) is 11.2 Å². The minimum absolute atomic E-state index is 0.0837. The normalized spacial score (nSPS) is 16.1. The molecule has 3 aromatic rings. The third kappa shape index (κ3) is 4.03. The zero-order valence-corrected chi connectivity index (χ0v) is 18.5. The van der Waals surface area contributed by atoms with Gasteiger partial charge < -0.3 is 9.47 Å². The number of ketones is 1. The summed E-state index contributed by atoms with van der Waals surface area (Å²) >= 11 is 6.12. The summed E-state index contributed by atoms with van der Waals surface area (Å²) in [6, 6.07) is 7.24. The van der Waals surface area contributed by atoms with Crippen molar-refractivity contribution in [2.24, 2.45) is 7.05 Å². The van der Waals surface area contributed by atoms with Crippen molar-refractivity contribution in [1.82, 2.24) is 24.0 Å². The fraction of sp³-hybridized carbons (Fsp3) is 0.429. The van der Waals surface area contributed by atoms with Gasteiger partial charge in [-0.2, -0.15) is 0 Å². The molecular formula is C21H25ClN6O3. The van der Waals surface area contributed by atoms with Gasteiger partial charge in [-0.3, -0.25) is 24.0 Å². The third-order valence-electron chi connectivity index (χ3n) is 5.91. The maximum atomic E-state index is 12.6. The molecule has 1 aliphatic heterocycles. The Hall–Kier alpha value is -2.91. The van der Waals surface area contributed by atoms with Gasteiger partial charge in [-0.05, 0) is 32.0 Å². The molecule has 1 aliphatic rings. The Kier molecular flexibility index (Phi) is 5.72. The van der Waals surface area contributed by atoms with Crippen LogP contribution in [0.2, 0.25) is 5.02 Å². The summed E-state index contributed by atoms with van der Waals surface area (Å²) in [4.78, 5) is 48.2. The number of rotatable bonds is 5. The number of nitrogens with one attached hydrogen (secondary N) is 1. The molecule has 0 unspecified atom stereocenters. The Morgan fingerprint density at radius 2 is 1.94 bits per heavy atom. The number of carbonyl (C=O) groups excluding carboxylic acids is 1. The number of benzene rings is 1. The van der Waals surface area contributed by atoms with Crippen LogP contribution in [0.4, 0.5) is 5.69 Å². The number of anilines is 1. The SMILES string of the molecule is CC(=O)[C@H](C)n1c(CN2CCN(c3cccc(Cl)c3)CC2)nc2c1c(=O)[nH]c(=O)n2C. The van der Waals surface area contributed by atoms with Gasteiger partial charge in [0.15, 0.2) is 16.9 Å². The summed E-state index contributed by atoms with van der Waals surface area (Å²) in [5.74, 6) is 0.514. The lowest BCUT2D eigenvalue weighted by molar-refractivity contribution is -0.119. The summed E-state index contributed by atoms with van der Waals surface area (Å²) in [7, 11) is 1.56. The van der Waals surface area contributed by atoms with E-state index in [2.05, 4.69) is 19.8 Å². The van der Waals surface area contributed by atoms with E-state index in [9.17, 15) is 14.4 Å².